The number of thiocarbonyl (C=S) groups is 1. The third-order valence-corrected chi connectivity index (χ3v) is 3.62. The Morgan fingerprint density at radius 2 is 2.11 bits per heavy atom. The number of benzene rings is 1. The number of aryl methyl sites for hydroxylation is 1. The van der Waals surface area contributed by atoms with E-state index in [2.05, 4.69) is 31.1 Å². The summed E-state index contributed by atoms with van der Waals surface area (Å²) in [6.45, 7) is 6.04. The fourth-order valence-electron chi connectivity index (χ4n) is 1.89. The summed E-state index contributed by atoms with van der Waals surface area (Å²) >= 11 is 5.18. The highest BCUT2D eigenvalue weighted by atomic mass is 32.1. The summed E-state index contributed by atoms with van der Waals surface area (Å²) in [5, 5.41) is 4.15. The summed E-state index contributed by atoms with van der Waals surface area (Å²) < 4.78 is 5.44. The van der Waals surface area contributed by atoms with Crippen LogP contribution in [0.3, 0.4) is 0 Å². The molecule has 0 saturated carbocycles. The van der Waals surface area contributed by atoms with E-state index in [1.807, 2.05) is 37.1 Å². The minimum atomic E-state index is 0.111. The van der Waals surface area contributed by atoms with Gasteiger partial charge in [-0.25, -0.2) is 0 Å². The molecule has 100 valence electrons. The molecule has 2 rings (SSSR count). The van der Waals surface area contributed by atoms with Crippen LogP contribution in [0.4, 0.5) is 0 Å². The highest BCUT2D eigenvalue weighted by Crippen LogP contribution is 2.25. The average Bonchev–Trinajstić information content (AvgIpc) is 2.86. The number of rotatable bonds is 3. The second-order valence-electron chi connectivity index (χ2n) is 4.79. The Balaban J connectivity index is 2.26. The molecule has 0 bridgehead atoms. The molecule has 0 amide bonds. The van der Waals surface area contributed by atoms with Gasteiger partial charge in [-0.2, -0.15) is 0 Å². The second-order valence-corrected chi connectivity index (χ2v) is 5.38. The van der Waals surface area contributed by atoms with Gasteiger partial charge in [-0.15, -0.1) is 0 Å². The summed E-state index contributed by atoms with van der Waals surface area (Å²) in [4.78, 5) is 2.85. The Kier molecular flexibility index (Phi) is 4.00. The summed E-state index contributed by atoms with van der Waals surface area (Å²) in [5.41, 5.74) is 3.14. The molecule has 1 unspecified atom stereocenters. The van der Waals surface area contributed by atoms with Crippen molar-refractivity contribution >= 4 is 17.2 Å². The molecule has 0 fully saturated rings. The SMILES string of the molecule is CC(=S)N(C)C(C)c1cc(-c2cccc(C)c2)on1. The van der Waals surface area contributed by atoms with Crippen molar-refractivity contribution in [1.82, 2.24) is 10.1 Å². The first-order valence-corrected chi connectivity index (χ1v) is 6.67. The van der Waals surface area contributed by atoms with E-state index in [0.29, 0.717) is 0 Å². The predicted molar refractivity (Wildman–Crippen MR) is 81.1 cm³/mol. The van der Waals surface area contributed by atoms with Gasteiger partial charge in [0, 0.05) is 18.7 Å². The van der Waals surface area contributed by atoms with Crippen LogP contribution in [0.1, 0.15) is 31.1 Å². The molecular weight excluding hydrogens is 256 g/mol. The van der Waals surface area contributed by atoms with Crippen LogP contribution in [0.25, 0.3) is 11.3 Å². The lowest BCUT2D eigenvalue weighted by atomic mass is 10.1. The lowest BCUT2D eigenvalue weighted by Crippen LogP contribution is -2.25. The quantitative estimate of drug-likeness (QED) is 0.791. The minimum absolute atomic E-state index is 0.111. The lowest BCUT2D eigenvalue weighted by molar-refractivity contribution is 0.361. The molecule has 1 atom stereocenters. The zero-order valence-electron chi connectivity index (χ0n) is 11.7. The van der Waals surface area contributed by atoms with Crippen LogP contribution in [0.15, 0.2) is 34.9 Å². The van der Waals surface area contributed by atoms with Gasteiger partial charge in [0.25, 0.3) is 0 Å². The topological polar surface area (TPSA) is 29.3 Å². The Morgan fingerprint density at radius 1 is 1.37 bits per heavy atom. The van der Waals surface area contributed by atoms with Crippen molar-refractivity contribution in [3.05, 3.63) is 41.6 Å². The normalized spacial score (nSPS) is 12.2. The van der Waals surface area contributed by atoms with E-state index >= 15 is 0 Å². The van der Waals surface area contributed by atoms with Crippen LogP contribution in [-0.4, -0.2) is 22.1 Å². The molecule has 0 N–H and O–H groups in total. The predicted octanol–water partition coefficient (Wildman–Crippen LogP) is 3.99. The molecule has 3 nitrogen and oxygen atoms in total. The number of nitrogens with zero attached hydrogens (tertiary/aromatic N) is 2. The van der Waals surface area contributed by atoms with E-state index in [9.17, 15) is 0 Å². The van der Waals surface area contributed by atoms with Crippen LogP contribution in [0.5, 0.6) is 0 Å². The molecule has 0 aliphatic heterocycles. The summed E-state index contributed by atoms with van der Waals surface area (Å²) in [6, 6.07) is 10.3. The van der Waals surface area contributed by atoms with Crippen molar-refractivity contribution < 1.29 is 4.52 Å². The van der Waals surface area contributed by atoms with Crippen LogP contribution in [0, 0.1) is 6.92 Å². The Morgan fingerprint density at radius 3 is 2.74 bits per heavy atom. The maximum atomic E-state index is 5.44. The van der Waals surface area contributed by atoms with Gasteiger partial charge in [0.2, 0.25) is 0 Å². The molecule has 0 saturated heterocycles. The van der Waals surface area contributed by atoms with Crippen LogP contribution in [-0.2, 0) is 0 Å². The van der Waals surface area contributed by atoms with E-state index in [0.717, 1.165) is 22.0 Å². The number of aromatic nitrogens is 1. The number of hydrogen-bond acceptors (Lipinski definition) is 3. The van der Waals surface area contributed by atoms with E-state index in [-0.39, 0.29) is 6.04 Å². The van der Waals surface area contributed by atoms with E-state index in [4.69, 9.17) is 16.7 Å². The van der Waals surface area contributed by atoms with Crippen molar-refractivity contribution in [3.8, 4) is 11.3 Å². The lowest BCUT2D eigenvalue weighted by Gasteiger charge is -2.23. The van der Waals surface area contributed by atoms with E-state index in [1.54, 1.807) is 0 Å². The molecule has 4 heteroatoms. The van der Waals surface area contributed by atoms with Gasteiger partial charge in [-0.05, 0) is 26.8 Å². The fraction of sp³-hybridized carbons (Fsp3) is 0.333. The highest BCUT2D eigenvalue weighted by molar-refractivity contribution is 7.80. The standard InChI is InChI=1S/C15H18N2OS/c1-10-6-5-7-13(8-10)15-9-14(16-18-15)11(2)17(4)12(3)19/h5-9,11H,1-4H3. The molecule has 0 aliphatic carbocycles. The monoisotopic (exact) mass is 274 g/mol. The van der Waals surface area contributed by atoms with Gasteiger partial charge in [-0.1, -0.05) is 41.1 Å². The summed E-state index contributed by atoms with van der Waals surface area (Å²) in [7, 11) is 1.97. The van der Waals surface area contributed by atoms with Crippen LogP contribution >= 0.6 is 12.2 Å². The first-order valence-electron chi connectivity index (χ1n) is 6.26. The molecule has 0 aliphatic rings. The van der Waals surface area contributed by atoms with Crippen molar-refractivity contribution in [2.45, 2.75) is 26.8 Å². The largest absolute Gasteiger partial charge is 0.361 e. The van der Waals surface area contributed by atoms with Gasteiger partial charge >= 0.3 is 0 Å². The third kappa shape index (κ3) is 3.01. The van der Waals surface area contributed by atoms with Crippen molar-refractivity contribution in [2.24, 2.45) is 0 Å². The smallest absolute Gasteiger partial charge is 0.167 e. The molecule has 2 aromatic rings. The maximum absolute atomic E-state index is 5.44. The Labute approximate surface area is 119 Å². The molecule has 19 heavy (non-hydrogen) atoms. The van der Waals surface area contributed by atoms with Gasteiger partial charge in [0.1, 0.15) is 5.69 Å². The third-order valence-electron chi connectivity index (χ3n) is 3.34. The van der Waals surface area contributed by atoms with E-state index in [1.165, 1.54) is 5.56 Å². The molecule has 1 heterocycles. The Bertz CT molecular complexity index is 591. The van der Waals surface area contributed by atoms with Gasteiger partial charge < -0.3 is 9.42 Å². The van der Waals surface area contributed by atoms with Crippen molar-refractivity contribution in [3.63, 3.8) is 0 Å². The maximum Gasteiger partial charge on any atom is 0.167 e. The van der Waals surface area contributed by atoms with Gasteiger partial charge in [0.15, 0.2) is 5.76 Å². The molecule has 1 aromatic heterocycles. The average molecular weight is 274 g/mol. The zero-order chi connectivity index (χ0) is 14.0. The van der Waals surface area contributed by atoms with Gasteiger partial charge in [0.05, 0.1) is 11.0 Å². The fourth-order valence-corrected chi connectivity index (χ4v) is 2.05. The van der Waals surface area contributed by atoms with Crippen molar-refractivity contribution in [2.75, 3.05) is 7.05 Å². The Hall–Kier alpha value is -1.68. The first kappa shape index (κ1) is 13.7. The number of hydrogen-bond donors (Lipinski definition) is 0. The molecule has 0 radical (unpaired) electrons. The second kappa shape index (κ2) is 5.53. The summed E-state index contributed by atoms with van der Waals surface area (Å²) in [5.74, 6) is 0.793. The van der Waals surface area contributed by atoms with Crippen LogP contribution in [0.2, 0.25) is 0 Å². The van der Waals surface area contributed by atoms with E-state index < -0.39 is 0 Å². The minimum Gasteiger partial charge on any atom is -0.361 e. The zero-order valence-corrected chi connectivity index (χ0v) is 12.5. The van der Waals surface area contributed by atoms with Crippen LogP contribution < -0.4 is 0 Å². The van der Waals surface area contributed by atoms with Crippen molar-refractivity contribution in [1.29, 1.82) is 0 Å². The highest BCUT2D eigenvalue weighted by Gasteiger charge is 2.17. The summed E-state index contributed by atoms with van der Waals surface area (Å²) in [6.07, 6.45) is 0. The molecule has 0 spiro atoms. The molecule has 1 aromatic carbocycles. The first-order chi connectivity index (χ1) is 8.99. The molecular formula is C15H18N2OS. The van der Waals surface area contributed by atoms with Gasteiger partial charge in [-0.3, -0.25) is 0 Å².